The first kappa shape index (κ1) is 25.1. The van der Waals surface area contributed by atoms with Gasteiger partial charge in [0.2, 0.25) is 0 Å². The van der Waals surface area contributed by atoms with Gasteiger partial charge in [-0.05, 0) is 51.1 Å². The van der Waals surface area contributed by atoms with Crippen molar-refractivity contribution in [3.8, 4) is 16.9 Å². The number of aromatic amines is 1. The molecule has 1 saturated heterocycles. The molecule has 1 fully saturated rings. The Bertz CT molecular complexity index is 1650. The summed E-state index contributed by atoms with van der Waals surface area (Å²) in [5.74, 6) is 0.499. The molecule has 1 aliphatic rings. The number of piperazine rings is 1. The molecule has 1 N–H and O–H groups in total. The number of carbonyl (C=O) groups is 1. The minimum Gasteiger partial charge on any atom is -0.492 e. The first-order chi connectivity index (χ1) is 18.9. The van der Waals surface area contributed by atoms with Crippen molar-refractivity contribution in [3.63, 3.8) is 0 Å². The first-order valence-electron chi connectivity index (χ1n) is 12.8. The highest BCUT2D eigenvalue weighted by molar-refractivity contribution is 6.33. The molecule has 39 heavy (non-hydrogen) atoms. The number of ether oxygens (including phenoxy) is 1. The van der Waals surface area contributed by atoms with Gasteiger partial charge in [-0.3, -0.25) is 9.89 Å². The van der Waals surface area contributed by atoms with Crippen LogP contribution < -0.4 is 9.64 Å². The number of anilines is 1. The summed E-state index contributed by atoms with van der Waals surface area (Å²) in [7, 11) is 0. The molecule has 2 unspecified atom stereocenters. The van der Waals surface area contributed by atoms with Crippen molar-refractivity contribution in [1.29, 1.82) is 0 Å². The van der Waals surface area contributed by atoms with Gasteiger partial charge in [-0.25, -0.2) is 13.9 Å². The van der Waals surface area contributed by atoms with Gasteiger partial charge >= 0.3 is 0 Å². The van der Waals surface area contributed by atoms with Gasteiger partial charge in [0, 0.05) is 42.5 Å². The van der Waals surface area contributed by atoms with Gasteiger partial charge in [0.15, 0.2) is 5.65 Å². The number of amides is 1. The molecule has 0 saturated carbocycles. The Hall–Kier alpha value is -4.18. The van der Waals surface area contributed by atoms with E-state index in [9.17, 15) is 9.18 Å². The molecule has 0 bridgehead atoms. The maximum atomic E-state index is 14.4. The van der Waals surface area contributed by atoms with Crippen LogP contribution in [-0.4, -0.2) is 67.4 Å². The quantitative estimate of drug-likeness (QED) is 0.325. The molecule has 11 heteroatoms. The topological polar surface area (TPSA) is 91.6 Å². The normalized spacial score (nSPS) is 17.8. The number of fused-ring (bicyclic) bond motifs is 3. The number of rotatable bonds is 5. The Kier molecular flexibility index (Phi) is 6.34. The van der Waals surface area contributed by atoms with Crippen molar-refractivity contribution >= 4 is 39.9 Å². The van der Waals surface area contributed by atoms with Crippen LogP contribution in [0.4, 0.5) is 10.2 Å². The second-order valence-corrected chi connectivity index (χ2v) is 10.2. The molecule has 200 valence electrons. The summed E-state index contributed by atoms with van der Waals surface area (Å²) in [6.45, 7) is 7.39. The van der Waals surface area contributed by atoms with Crippen LogP contribution in [0, 0.1) is 5.82 Å². The van der Waals surface area contributed by atoms with Crippen LogP contribution >= 0.6 is 11.6 Å². The van der Waals surface area contributed by atoms with Crippen molar-refractivity contribution in [1.82, 2.24) is 29.7 Å². The van der Waals surface area contributed by atoms with Gasteiger partial charge in [0.1, 0.15) is 17.4 Å². The van der Waals surface area contributed by atoms with E-state index >= 15 is 0 Å². The summed E-state index contributed by atoms with van der Waals surface area (Å²) >= 11 is 6.16. The predicted octanol–water partition coefficient (Wildman–Crippen LogP) is 5.20. The lowest BCUT2D eigenvalue weighted by Crippen LogP contribution is -2.58. The van der Waals surface area contributed by atoms with Crippen LogP contribution in [0.3, 0.4) is 0 Å². The molecule has 5 aromatic rings. The number of hydrogen-bond donors (Lipinski definition) is 1. The summed E-state index contributed by atoms with van der Waals surface area (Å²) in [5, 5.41) is 12.7. The summed E-state index contributed by atoms with van der Waals surface area (Å²) in [4.78, 5) is 21.8. The number of nitrogens with one attached hydrogen (secondary N) is 1. The van der Waals surface area contributed by atoms with E-state index in [1.54, 1.807) is 15.6 Å². The van der Waals surface area contributed by atoms with Crippen LogP contribution in [0.5, 0.6) is 5.75 Å². The highest BCUT2D eigenvalue weighted by atomic mass is 35.5. The number of H-pyrrole nitrogens is 1. The van der Waals surface area contributed by atoms with Crippen LogP contribution in [0.25, 0.3) is 27.7 Å². The maximum Gasteiger partial charge on any atom is 0.258 e. The van der Waals surface area contributed by atoms with Gasteiger partial charge in [0.05, 0.1) is 40.5 Å². The lowest BCUT2D eigenvalue weighted by atomic mass is 10.0. The van der Waals surface area contributed by atoms with E-state index < -0.39 is 11.7 Å². The Morgan fingerprint density at radius 1 is 1.18 bits per heavy atom. The predicted molar refractivity (Wildman–Crippen MR) is 148 cm³/mol. The summed E-state index contributed by atoms with van der Waals surface area (Å²) in [6, 6.07) is 10.2. The van der Waals surface area contributed by atoms with Crippen molar-refractivity contribution in [2.45, 2.75) is 32.9 Å². The van der Waals surface area contributed by atoms with Crippen LogP contribution in [0.15, 0.2) is 55.0 Å². The zero-order valence-corrected chi connectivity index (χ0v) is 22.5. The third kappa shape index (κ3) is 4.34. The average Bonchev–Trinajstić information content (AvgIpc) is 3.49. The highest BCUT2D eigenvalue weighted by Gasteiger charge is 2.34. The number of pyridine rings is 2. The molecule has 6 rings (SSSR count). The van der Waals surface area contributed by atoms with Crippen LogP contribution in [0.1, 0.15) is 31.1 Å². The Morgan fingerprint density at radius 3 is 2.67 bits per heavy atom. The molecule has 0 aliphatic carbocycles. The zero-order valence-electron chi connectivity index (χ0n) is 21.7. The molecule has 4 aromatic heterocycles. The van der Waals surface area contributed by atoms with Crippen LogP contribution in [0.2, 0.25) is 5.02 Å². The number of benzene rings is 1. The van der Waals surface area contributed by atoms with E-state index in [1.165, 1.54) is 18.2 Å². The largest absolute Gasteiger partial charge is 0.492 e. The zero-order chi connectivity index (χ0) is 27.3. The van der Waals surface area contributed by atoms with E-state index in [4.69, 9.17) is 21.3 Å². The Balaban J connectivity index is 1.29. The third-order valence-corrected chi connectivity index (χ3v) is 7.43. The number of aromatic nitrogens is 5. The monoisotopic (exact) mass is 547 g/mol. The minimum atomic E-state index is -0.610. The minimum absolute atomic E-state index is 0.0463. The standard InChI is InChI=1S/C28H27ClFN7O2/c1-4-39-19-10-20(26-21-12-32-33-27(21)34-36(26)15-19)18-8-9-24(31-11-18)37-16(2)13-35(14-17(37)3)28(38)25-22(29)6-5-7-23(25)30/h5-12,15-17H,4,13-14H2,1-3H3,(H,33,34). The van der Waals surface area contributed by atoms with E-state index in [0.717, 1.165) is 27.8 Å². The number of halogens is 2. The number of hydrogen-bond acceptors (Lipinski definition) is 6. The molecule has 0 spiro atoms. The van der Waals surface area contributed by atoms with Crippen molar-refractivity contribution in [2.75, 3.05) is 24.6 Å². The van der Waals surface area contributed by atoms with E-state index in [-0.39, 0.29) is 22.7 Å². The smallest absolute Gasteiger partial charge is 0.258 e. The molecular weight excluding hydrogens is 521 g/mol. The second kappa shape index (κ2) is 9.85. The van der Waals surface area contributed by atoms with Crippen LogP contribution in [-0.2, 0) is 0 Å². The molecule has 0 radical (unpaired) electrons. The molecular formula is C28H27ClFN7O2. The van der Waals surface area contributed by atoms with Crippen molar-refractivity contribution < 1.29 is 13.9 Å². The lowest BCUT2D eigenvalue weighted by molar-refractivity contribution is 0.0696. The lowest BCUT2D eigenvalue weighted by Gasteiger charge is -2.45. The van der Waals surface area contributed by atoms with Gasteiger partial charge in [-0.15, -0.1) is 5.10 Å². The summed E-state index contributed by atoms with van der Waals surface area (Å²) in [6.07, 6.45) is 5.47. The SMILES string of the molecule is CCOc1cc(-c2ccc(N3C(C)CN(C(=O)c4c(F)cccc4Cl)CC3C)nc2)c2c3cn[nH]c3nn2c1. The summed E-state index contributed by atoms with van der Waals surface area (Å²) in [5.41, 5.74) is 3.37. The Labute approximate surface area is 229 Å². The first-order valence-corrected chi connectivity index (χ1v) is 13.2. The fourth-order valence-electron chi connectivity index (χ4n) is 5.50. The molecule has 2 atom stereocenters. The average molecular weight is 548 g/mol. The van der Waals surface area contributed by atoms with E-state index in [0.29, 0.717) is 31.1 Å². The van der Waals surface area contributed by atoms with Gasteiger partial charge in [-0.2, -0.15) is 5.10 Å². The van der Waals surface area contributed by atoms with Gasteiger partial charge < -0.3 is 14.5 Å². The fourth-order valence-corrected chi connectivity index (χ4v) is 5.75. The van der Waals surface area contributed by atoms with Gasteiger partial charge in [0.25, 0.3) is 5.91 Å². The van der Waals surface area contributed by atoms with E-state index in [1.807, 2.05) is 51.4 Å². The van der Waals surface area contributed by atoms with Crippen molar-refractivity contribution in [3.05, 3.63) is 71.4 Å². The number of carbonyl (C=O) groups excluding carboxylic acids is 1. The molecule has 9 nitrogen and oxygen atoms in total. The Morgan fingerprint density at radius 2 is 1.97 bits per heavy atom. The molecule has 1 aromatic carbocycles. The summed E-state index contributed by atoms with van der Waals surface area (Å²) < 4.78 is 22.0. The molecule has 1 aliphatic heterocycles. The third-order valence-electron chi connectivity index (χ3n) is 7.12. The molecule has 5 heterocycles. The highest BCUT2D eigenvalue weighted by Crippen LogP contribution is 2.34. The fraction of sp³-hybridized carbons (Fsp3) is 0.286. The van der Waals surface area contributed by atoms with Crippen molar-refractivity contribution in [2.24, 2.45) is 0 Å². The van der Waals surface area contributed by atoms with E-state index in [2.05, 4.69) is 20.2 Å². The maximum absolute atomic E-state index is 14.4. The molecule has 1 amide bonds. The van der Waals surface area contributed by atoms with Gasteiger partial charge in [-0.1, -0.05) is 17.7 Å². The second-order valence-electron chi connectivity index (χ2n) is 9.77. The number of nitrogens with zero attached hydrogens (tertiary/aromatic N) is 6.